The van der Waals surface area contributed by atoms with Crippen LogP contribution in [0.4, 0.5) is 0 Å². The third-order valence-electron chi connectivity index (χ3n) is 4.48. The van der Waals surface area contributed by atoms with Crippen LogP contribution in [0.25, 0.3) is 0 Å². The lowest BCUT2D eigenvalue weighted by Gasteiger charge is -2.32. The molecule has 2 fully saturated rings. The van der Waals surface area contributed by atoms with Crippen LogP contribution in [0.15, 0.2) is 0 Å². The van der Waals surface area contributed by atoms with Crippen LogP contribution >= 0.6 is 0 Å². The third kappa shape index (κ3) is 1.14. The van der Waals surface area contributed by atoms with E-state index >= 15 is 0 Å². The topological polar surface area (TPSA) is 63.3 Å². The standard InChI is InChI=1S/C10H16O.H3NO/c1-9(2)7-4-5-10(9,3)8(11)6-7;1-2/h7H,4-6H2,1-3H3;2H,1H2. The Morgan fingerprint density at radius 3 is 2.08 bits per heavy atom. The van der Waals surface area contributed by atoms with Crippen molar-refractivity contribution in [3.63, 3.8) is 0 Å². The quantitative estimate of drug-likeness (QED) is 0.565. The molecule has 0 aromatic heterocycles. The lowest BCUT2D eigenvalue weighted by molar-refractivity contribution is -0.128. The van der Waals surface area contributed by atoms with Crippen molar-refractivity contribution in [1.29, 1.82) is 0 Å². The SMILES string of the molecule is CC12CCC(CC1=O)C2(C)C.NO. The molecule has 3 heteroatoms. The van der Waals surface area contributed by atoms with Crippen molar-refractivity contribution in [3.05, 3.63) is 0 Å². The average Bonchev–Trinajstić information content (AvgIpc) is 2.41. The number of hydrogen-bond acceptors (Lipinski definition) is 3. The van der Waals surface area contributed by atoms with Gasteiger partial charge in [-0.15, -0.1) is 0 Å². The van der Waals surface area contributed by atoms with Gasteiger partial charge in [0.25, 0.3) is 0 Å². The van der Waals surface area contributed by atoms with Gasteiger partial charge in [0.15, 0.2) is 0 Å². The van der Waals surface area contributed by atoms with Gasteiger partial charge in [0.05, 0.1) is 0 Å². The molecule has 0 saturated heterocycles. The average molecular weight is 185 g/mol. The maximum atomic E-state index is 11.6. The van der Waals surface area contributed by atoms with Crippen LogP contribution in [0, 0.1) is 16.7 Å². The molecule has 0 aromatic carbocycles. The van der Waals surface area contributed by atoms with E-state index in [2.05, 4.69) is 26.7 Å². The van der Waals surface area contributed by atoms with E-state index in [0.717, 1.165) is 12.8 Å². The maximum Gasteiger partial charge on any atom is 0.139 e. The van der Waals surface area contributed by atoms with Crippen molar-refractivity contribution in [3.8, 4) is 0 Å². The number of carbonyl (C=O) groups excluding carboxylic acids is 1. The van der Waals surface area contributed by atoms with Crippen molar-refractivity contribution in [2.45, 2.75) is 40.0 Å². The van der Waals surface area contributed by atoms with Crippen molar-refractivity contribution in [1.82, 2.24) is 0 Å². The molecule has 13 heavy (non-hydrogen) atoms. The van der Waals surface area contributed by atoms with Crippen LogP contribution in [-0.2, 0) is 4.79 Å². The van der Waals surface area contributed by atoms with Crippen molar-refractivity contribution in [2.75, 3.05) is 0 Å². The van der Waals surface area contributed by atoms with E-state index in [1.54, 1.807) is 0 Å². The molecule has 2 aliphatic rings. The predicted molar refractivity (Wildman–Crippen MR) is 50.2 cm³/mol. The Hall–Kier alpha value is -0.410. The van der Waals surface area contributed by atoms with Crippen LogP contribution < -0.4 is 5.90 Å². The molecule has 0 aromatic rings. The van der Waals surface area contributed by atoms with E-state index in [1.165, 1.54) is 6.42 Å². The summed E-state index contributed by atoms with van der Waals surface area (Å²) in [5.41, 5.74) is 0.307. The molecule has 0 aliphatic heterocycles. The number of hydrogen-bond donors (Lipinski definition) is 2. The summed E-state index contributed by atoms with van der Waals surface area (Å²) in [6, 6.07) is 0. The summed E-state index contributed by atoms with van der Waals surface area (Å²) in [6.07, 6.45) is 3.25. The molecule has 0 amide bonds. The van der Waals surface area contributed by atoms with Crippen LogP contribution in [0.2, 0.25) is 0 Å². The molecule has 2 atom stereocenters. The van der Waals surface area contributed by atoms with Crippen LogP contribution in [-0.4, -0.2) is 11.0 Å². The molecule has 3 nitrogen and oxygen atoms in total. The molecule has 0 heterocycles. The highest BCUT2D eigenvalue weighted by Crippen LogP contribution is 2.63. The zero-order chi connectivity index (χ0) is 10.3. The van der Waals surface area contributed by atoms with E-state index in [1.807, 2.05) is 0 Å². The first-order valence-corrected chi connectivity index (χ1v) is 4.77. The van der Waals surface area contributed by atoms with Crippen LogP contribution in [0.5, 0.6) is 0 Å². The monoisotopic (exact) mass is 185 g/mol. The van der Waals surface area contributed by atoms with Gasteiger partial charge in [0.2, 0.25) is 0 Å². The van der Waals surface area contributed by atoms with E-state index < -0.39 is 0 Å². The van der Waals surface area contributed by atoms with E-state index in [-0.39, 0.29) is 10.8 Å². The number of ketones is 1. The maximum absolute atomic E-state index is 11.6. The summed E-state index contributed by atoms with van der Waals surface area (Å²) in [5.74, 6) is 4.69. The third-order valence-corrected chi connectivity index (χ3v) is 4.48. The normalized spacial score (nSPS) is 40.1. The van der Waals surface area contributed by atoms with Gasteiger partial charge in [-0.25, -0.2) is 5.90 Å². The minimum atomic E-state index is 0.0255. The smallest absolute Gasteiger partial charge is 0.139 e. The number of carbonyl (C=O) groups is 1. The summed E-state index contributed by atoms with van der Waals surface area (Å²) in [6.45, 7) is 6.67. The second-order valence-corrected chi connectivity index (χ2v) is 4.92. The van der Waals surface area contributed by atoms with Gasteiger partial charge in [-0.3, -0.25) is 4.79 Å². The van der Waals surface area contributed by atoms with Crippen molar-refractivity contribution in [2.24, 2.45) is 22.6 Å². The number of nitrogens with two attached hydrogens (primary N) is 1. The highest BCUT2D eigenvalue weighted by atomic mass is 16.4. The van der Waals surface area contributed by atoms with Gasteiger partial charge >= 0.3 is 0 Å². The van der Waals surface area contributed by atoms with Gasteiger partial charge in [-0.2, -0.15) is 0 Å². The summed E-state index contributed by atoms with van der Waals surface area (Å²) in [7, 11) is 0. The van der Waals surface area contributed by atoms with Crippen molar-refractivity contribution >= 4 is 5.78 Å². The molecule has 2 saturated carbocycles. The molecule has 0 spiro atoms. The molecule has 2 aliphatic carbocycles. The molecule has 2 unspecified atom stereocenters. The molecule has 76 valence electrons. The summed E-state index contributed by atoms with van der Waals surface area (Å²) in [4.78, 5) is 11.6. The minimum absolute atomic E-state index is 0.0255. The molecular weight excluding hydrogens is 166 g/mol. The lowest BCUT2D eigenvalue weighted by Crippen LogP contribution is -2.32. The highest BCUT2D eigenvalue weighted by Gasteiger charge is 2.61. The second kappa shape index (κ2) is 3.07. The molecule has 2 bridgehead atoms. The van der Waals surface area contributed by atoms with Crippen LogP contribution in [0.3, 0.4) is 0 Å². The van der Waals surface area contributed by atoms with Gasteiger partial charge in [-0.05, 0) is 24.2 Å². The fourth-order valence-corrected chi connectivity index (χ4v) is 2.90. The Labute approximate surface area is 79.3 Å². The van der Waals surface area contributed by atoms with E-state index in [9.17, 15) is 4.79 Å². The highest BCUT2D eigenvalue weighted by molar-refractivity contribution is 5.89. The lowest BCUT2D eigenvalue weighted by atomic mass is 9.70. The second-order valence-electron chi connectivity index (χ2n) is 4.92. The number of Topliss-reactive ketones (excluding diaryl/α,β-unsaturated/α-hetero) is 1. The number of rotatable bonds is 0. The van der Waals surface area contributed by atoms with Crippen molar-refractivity contribution < 1.29 is 10.0 Å². The number of fused-ring (bicyclic) bond motifs is 2. The zero-order valence-electron chi connectivity index (χ0n) is 8.63. The largest absolute Gasteiger partial charge is 0.320 e. The fraction of sp³-hybridized carbons (Fsp3) is 0.900. The molecule has 2 rings (SSSR count). The summed E-state index contributed by atoms with van der Waals surface area (Å²) >= 11 is 0. The molecular formula is C10H19NO2. The van der Waals surface area contributed by atoms with Gasteiger partial charge in [-0.1, -0.05) is 20.8 Å². The first-order valence-electron chi connectivity index (χ1n) is 4.77. The van der Waals surface area contributed by atoms with E-state index in [4.69, 9.17) is 5.21 Å². The first kappa shape index (κ1) is 10.7. The summed E-state index contributed by atoms with van der Waals surface area (Å²) < 4.78 is 0. The van der Waals surface area contributed by atoms with Gasteiger partial charge < -0.3 is 5.21 Å². The van der Waals surface area contributed by atoms with E-state index in [0.29, 0.717) is 11.7 Å². The summed E-state index contributed by atoms with van der Waals surface area (Å²) in [5, 5.41) is 6.50. The minimum Gasteiger partial charge on any atom is -0.320 e. The van der Waals surface area contributed by atoms with Crippen LogP contribution in [0.1, 0.15) is 40.0 Å². The Morgan fingerprint density at radius 2 is 1.92 bits per heavy atom. The Balaban J connectivity index is 0.000000396. The Bertz CT molecular complexity index is 225. The zero-order valence-corrected chi connectivity index (χ0v) is 8.63. The Morgan fingerprint density at radius 1 is 1.38 bits per heavy atom. The van der Waals surface area contributed by atoms with Gasteiger partial charge in [0, 0.05) is 11.8 Å². The fourth-order valence-electron chi connectivity index (χ4n) is 2.90. The Kier molecular flexibility index (Phi) is 2.52. The first-order chi connectivity index (χ1) is 5.98. The van der Waals surface area contributed by atoms with Gasteiger partial charge in [0.1, 0.15) is 5.78 Å². The predicted octanol–water partition coefficient (Wildman–Crippen LogP) is 1.74. The molecule has 3 N–H and O–H groups in total. The molecule has 0 radical (unpaired) electrons.